The summed E-state index contributed by atoms with van der Waals surface area (Å²) < 4.78 is 1.87. The molecule has 0 aromatic carbocycles. The van der Waals surface area contributed by atoms with Gasteiger partial charge in [-0.25, -0.2) is 9.50 Å². The van der Waals surface area contributed by atoms with Gasteiger partial charge in [-0.05, 0) is 36.7 Å². The minimum Gasteiger partial charge on any atom is -0.368 e. The third-order valence-corrected chi connectivity index (χ3v) is 4.46. The third-order valence-electron chi connectivity index (χ3n) is 4.46. The zero-order valence-electron chi connectivity index (χ0n) is 12.5. The lowest BCUT2D eigenvalue weighted by Gasteiger charge is -2.31. The normalized spacial score (nSPS) is 17.9. The molecule has 0 bridgehead atoms. The van der Waals surface area contributed by atoms with Gasteiger partial charge in [-0.1, -0.05) is 26.7 Å². The smallest absolute Gasteiger partial charge is 0.152 e. The second-order valence-corrected chi connectivity index (χ2v) is 6.60. The minimum atomic E-state index is 0.461. The van der Waals surface area contributed by atoms with Crippen LogP contribution in [0.25, 0.3) is 5.52 Å². The zero-order valence-corrected chi connectivity index (χ0v) is 12.5. The van der Waals surface area contributed by atoms with Gasteiger partial charge in [0, 0.05) is 18.9 Å². The molecule has 0 unspecified atom stereocenters. The van der Waals surface area contributed by atoms with Gasteiger partial charge in [0.25, 0.3) is 0 Å². The summed E-state index contributed by atoms with van der Waals surface area (Å²) in [7, 11) is 0. The molecule has 20 heavy (non-hydrogen) atoms. The topological polar surface area (TPSA) is 42.2 Å². The fourth-order valence-corrected chi connectivity index (χ4v) is 3.71. The first kappa shape index (κ1) is 13.4. The maximum Gasteiger partial charge on any atom is 0.152 e. The fraction of sp³-hybridized carbons (Fsp3) is 0.625. The number of hydrogen-bond acceptors (Lipinski definition) is 3. The van der Waals surface area contributed by atoms with E-state index in [4.69, 9.17) is 0 Å². The van der Waals surface area contributed by atoms with Crippen LogP contribution in [0.15, 0.2) is 24.7 Å². The van der Waals surface area contributed by atoms with Gasteiger partial charge in [0.15, 0.2) is 5.82 Å². The molecule has 0 radical (unpaired) electrons. The number of aromatic nitrogens is 3. The van der Waals surface area contributed by atoms with Crippen LogP contribution in [0.5, 0.6) is 0 Å². The van der Waals surface area contributed by atoms with Crippen LogP contribution in [0.3, 0.4) is 0 Å². The Morgan fingerprint density at radius 1 is 1.30 bits per heavy atom. The standard InChI is InChI=1S/C16H24N4/c1-13(2)11-16(6-3-4-7-16)12-18-15-14-5-8-19-20(14)10-9-17-15/h5,8-10,13H,3-4,6-7,11-12H2,1-2H3,(H,17,18). The second kappa shape index (κ2) is 5.43. The average molecular weight is 272 g/mol. The van der Waals surface area contributed by atoms with Gasteiger partial charge >= 0.3 is 0 Å². The molecule has 1 aliphatic carbocycles. The predicted molar refractivity (Wildman–Crippen MR) is 81.8 cm³/mol. The summed E-state index contributed by atoms with van der Waals surface area (Å²) in [6, 6.07) is 2.01. The first-order valence-electron chi connectivity index (χ1n) is 7.71. The molecular weight excluding hydrogens is 248 g/mol. The highest BCUT2D eigenvalue weighted by Gasteiger charge is 2.34. The summed E-state index contributed by atoms with van der Waals surface area (Å²) in [5.41, 5.74) is 1.52. The van der Waals surface area contributed by atoms with Crippen molar-refractivity contribution in [2.24, 2.45) is 11.3 Å². The Labute approximate surface area is 120 Å². The molecular formula is C16H24N4. The Hall–Kier alpha value is -1.58. The summed E-state index contributed by atoms with van der Waals surface area (Å²) in [5.74, 6) is 1.72. The largest absolute Gasteiger partial charge is 0.368 e. The molecule has 3 rings (SSSR count). The van der Waals surface area contributed by atoms with Crippen LogP contribution in [0, 0.1) is 11.3 Å². The van der Waals surface area contributed by atoms with E-state index in [9.17, 15) is 0 Å². The number of nitrogens with one attached hydrogen (secondary N) is 1. The molecule has 4 heteroatoms. The quantitative estimate of drug-likeness (QED) is 0.901. The van der Waals surface area contributed by atoms with Gasteiger partial charge in [-0.3, -0.25) is 0 Å². The lowest BCUT2D eigenvalue weighted by Crippen LogP contribution is -2.28. The van der Waals surface area contributed by atoms with Crippen LogP contribution in [-0.2, 0) is 0 Å². The van der Waals surface area contributed by atoms with Crippen molar-refractivity contribution in [1.29, 1.82) is 0 Å². The molecule has 0 aliphatic heterocycles. The maximum atomic E-state index is 4.48. The molecule has 1 fully saturated rings. The minimum absolute atomic E-state index is 0.461. The first-order chi connectivity index (χ1) is 9.69. The van der Waals surface area contributed by atoms with E-state index >= 15 is 0 Å². The van der Waals surface area contributed by atoms with Crippen LogP contribution in [0.2, 0.25) is 0 Å². The number of fused-ring (bicyclic) bond motifs is 1. The molecule has 1 saturated carbocycles. The Morgan fingerprint density at radius 3 is 2.85 bits per heavy atom. The van der Waals surface area contributed by atoms with Gasteiger partial charge in [-0.15, -0.1) is 0 Å². The van der Waals surface area contributed by atoms with Crippen molar-refractivity contribution in [3.8, 4) is 0 Å². The average Bonchev–Trinajstić information content (AvgIpc) is 3.05. The molecule has 0 amide bonds. The highest BCUT2D eigenvalue weighted by Crippen LogP contribution is 2.43. The zero-order chi connectivity index (χ0) is 14.0. The second-order valence-electron chi connectivity index (χ2n) is 6.60. The SMILES string of the molecule is CC(C)CC1(CNc2nccn3nccc23)CCCC1. The molecule has 1 N–H and O–H groups in total. The van der Waals surface area contributed by atoms with E-state index in [1.54, 1.807) is 0 Å². The van der Waals surface area contributed by atoms with Crippen molar-refractivity contribution in [3.63, 3.8) is 0 Å². The van der Waals surface area contributed by atoms with E-state index in [2.05, 4.69) is 29.2 Å². The van der Waals surface area contributed by atoms with Crippen molar-refractivity contribution in [2.75, 3.05) is 11.9 Å². The number of hydrogen-bond donors (Lipinski definition) is 1. The van der Waals surface area contributed by atoms with E-state index in [1.807, 2.05) is 29.2 Å². The molecule has 2 aromatic heterocycles. The highest BCUT2D eigenvalue weighted by molar-refractivity contribution is 5.66. The Bertz CT molecular complexity index is 567. The van der Waals surface area contributed by atoms with Crippen LogP contribution < -0.4 is 5.32 Å². The first-order valence-corrected chi connectivity index (χ1v) is 7.71. The lowest BCUT2D eigenvalue weighted by molar-refractivity contribution is 0.252. The van der Waals surface area contributed by atoms with E-state index in [0.717, 1.165) is 23.8 Å². The van der Waals surface area contributed by atoms with Crippen molar-refractivity contribution < 1.29 is 0 Å². The fourth-order valence-electron chi connectivity index (χ4n) is 3.71. The molecule has 4 nitrogen and oxygen atoms in total. The molecule has 0 spiro atoms. The maximum absolute atomic E-state index is 4.48. The Balaban J connectivity index is 1.75. The van der Waals surface area contributed by atoms with Gasteiger partial charge in [0.2, 0.25) is 0 Å². The van der Waals surface area contributed by atoms with Crippen molar-refractivity contribution in [3.05, 3.63) is 24.7 Å². The van der Waals surface area contributed by atoms with Crippen molar-refractivity contribution in [2.45, 2.75) is 46.0 Å². The van der Waals surface area contributed by atoms with Crippen molar-refractivity contribution >= 4 is 11.3 Å². The third kappa shape index (κ3) is 2.65. The number of anilines is 1. The van der Waals surface area contributed by atoms with Gasteiger partial charge in [-0.2, -0.15) is 5.10 Å². The van der Waals surface area contributed by atoms with Gasteiger partial charge < -0.3 is 5.32 Å². The summed E-state index contributed by atoms with van der Waals surface area (Å²) in [5, 5.41) is 7.85. The lowest BCUT2D eigenvalue weighted by atomic mass is 9.78. The van der Waals surface area contributed by atoms with E-state index < -0.39 is 0 Å². The van der Waals surface area contributed by atoms with Crippen LogP contribution in [0.1, 0.15) is 46.0 Å². The van der Waals surface area contributed by atoms with Gasteiger partial charge in [0.05, 0.1) is 6.20 Å². The molecule has 1 aliphatic rings. The molecule has 2 aromatic rings. The summed E-state index contributed by atoms with van der Waals surface area (Å²) >= 11 is 0. The van der Waals surface area contributed by atoms with Crippen LogP contribution in [-0.4, -0.2) is 21.1 Å². The molecule has 0 atom stereocenters. The van der Waals surface area contributed by atoms with E-state index in [-0.39, 0.29) is 0 Å². The highest BCUT2D eigenvalue weighted by atomic mass is 15.2. The predicted octanol–water partition coefficient (Wildman–Crippen LogP) is 3.75. The van der Waals surface area contributed by atoms with Crippen LogP contribution >= 0.6 is 0 Å². The Kier molecular flexibility index (Phi) is 3.64. The molecule has 2 heterocycles. The Morgan fingerprint density at radius 2 is 2.10 bits per heavy atom. The monoisotopic (exact) mass is 272 g/mol. The molecule has 108 valence electrons. The van der Waals surface area contributed by atoms with E-state index in [1.165, 1.54) is 32.1 Å². The van der Waals surface area contributed by atoms with Gasteiger partial charge in [0.1, 0.15) is 5.52 Å². The molecule has 0 saturated heterocycles. The summed E-state index contributed by atoms with van der Waals surface area (Å²) in [6.45, 7) is 5.69. The number of nitrogens with zero attached hydrogens (tertiary/aromatic N) is 3. The van der Waals surface area contributed by atoms with Crippen LogP contribution in [0.4, 0.5) is 5.82 Å². The van der Waals surface area contributed by atoms with E-state index in [0.29, 0.717) is 5.41 Å². The summed E-state index contributed by atoms with van der Waals surface area (Å²) in [6.07, 6.45) is 12.3. The number of rotatable bonds is 5. The van der Waals surface area contributed by atoms with Crippen molar-refractivity contribution in [1.82, 2.24) is 14.6 Å². The summed E-state index contributed by atoms with van der Waals surface area (Å²) in [4.78, 5) is 4.48.